The molecule has 0 aliphatic heterocycles. The molecular weight excluding hydrogens is 272 g/mol. The Hall–Kier alpha value is -1.35. The first-order valence-corrected chi connectivity index (χ1v) is 7.54. The van der Waals surface area contributed by atoms with Crippen molar-refractivity contribution in [3.63, 3.8) is 0 Å². The monoisotopic (exact) mass is 294 g/mol. The highest BCUT2D eigenvalue weighted by Crippen LogP contribution is 2.15. The number of aliphatic hydroxyl groups excluding tert-OH is 1. The van der Waals surface area contributed by atoms with E-state index in [1.54, 1.807) is 6.07 Å². The molecule has 1 aromatic heterocycles. The lowest BCUT2D eigenvalue weighted by Crippen LogP contribution is -2.35. The minimum Gasteiger partial charge on any atom is -0.395 e. The van der Waals surface area contributed by atoms with Crippen LogP contribution < -0.4 is 5.32 Å². The molecule has 0 atom stereocenters. The van der Waals surface area contributed by atoms with E-state index in [9.17, 15) is 4.79 Å². The number of hydrogen-bond acceptors (Lipinski definition) is 4. The molecule has 1 amide bonds. The van der Waals surface area contributed by atoms with Gasteiger partial charge in [-0.15, -0.1) is 11.3 Å². The van der Waals surface area contributed by atoms with Crippen molar-refractivity contribution in [2.24, 2.45) is 0 Å². The number of aliphatic hydroxyl groups is 1. The van der Waals surface area contributed by atoms with Crippen LogP contribution in [0.1, 0.15) is 34.8 Å². The molecule has 0 saturated carbocycles. The van der Waals surface area contributed by atoms with Gasteiger partial charge in [-0.3, -0.25) is 4.79 Å². The maximum absolute atomic E-state index is 11.9. The van der Waals surface area contributed by atoms with E-state index in [1.807, 2.05) is 13.1 Å². The van der Waals surface area contributed by atoms with Crippen molar-refractivity contribution in [1.29, 1.82) is 0 Å². The average Bonchev–Trinajstić information content (AvgIpc) is 2.87. The summed E-state index contributed by atoms with van der Waals surface area (Å²) in [6.45, 7) is 5.78. The molecule has 0 fully saturated rings. The van der Waals surface area contributed by atoms with Crippen LogP contribution in [-0.2, 0) is 0 Å². The third kappa shape index (κ3) is 5.74. The van der Waals surface area contributed by atoms with Crippen molar-refractivity contribution < 1.29 is 9.90 Å². The molecule has 0 aliphatic rings. The maximum atomic E-state index is 11.9. The Morgan fingerprint density at radius 1 is 1.50 bits per heavy atom. The second kappa shape index (κ2) is 8.75. The molecule has 0 unspecified atom stereocenters. The van der Waals surface area contributed by atoms with E-state index in [0.29, 0.717) is 23.9 Å². The van der Waals surface area contributed by atoms with Crippen LogP contribution >= 0.6 is 11.3 Å². The molecular formula is C15H22N2O2S. The van der Waals surface area contributed by atoms with Gasteiger partial charge in [0.25, 0.3) is 5.91 Å². The van der Waals surface area contributed by atoms with Crippen molar-refractivity contribution in [2.45, 2.75) is 26.3 Å². The Morgan fingerprint density at radius 3 is 2.90 bits per heavy atom. The fourth-order valence-electron chi connectivity index (χ4n) is 1.42. The van der Waals surface area contributed by atoms with Crippen molar-refractivity contribution in [3.8, 4) is 11.8 Å². The first-order valence-electron chi connectivity index (χ1n) is 6.72. The van der Waals surface area contributed by atoms with Gasteiger partial charge in [0, 0.05) is 25.6 Å². The van der Waals surface area contributed by atoms with Gasteiger partial charge < -0.3 is 15.3 Å². The quantitative estimate of drug-likeness (QED) is 0.783. The predicted molar refractivity (Wildman–Crippen MR) is 83.0 cm³/mol. The molecule has 0 aliphatic carbocycles. The van der Waals surface area contributed by atoms with Gasteiger partial charge in [-0.2, -0.15) is 0 Å². The molecule has 2 N–H and O–H groups in total. The summed E-state index contributed by atoms with van der Waals surface area (Å²) in [5.41, 5.74) is 0. The van der Waals surface area contributed by atoms with E-state index in [4.69, 9.17) is 5.11 Å². The van der Waals surface area contributed by atoms with Crippen LogP contribution in [0.25, 0.3) is 0 Å². The summed E-state index contributed by atoms with van der Waals surface area (Å²) < 4.78 is 0. The zero-order valence-corrected chi connectivity index (χ0v) is 13.1. The highest BCUT2D eigenvalue weighted by atomic mass is 32.1. The fraction of sp³-hybridized carbons (Fsp3) is 0.533. The molecule has 0 spiro atoms. The molecule has 0 aromatic carbocycles. The Labute approximate surface area is 124 Å². The molecule has 1 rings (SSSR count). The first kappa shape index (κ1) is 16.7. The van der Waals surface area contributed by atoms with Gasteiger partial charge >= 0.3 is 0 Å². The number of nitrogens with one attached hydrogen (secondary N) is 1. The molecule has 0 radical (unpaired) electrons. The molecule has 4 nitrogen and oxygen atoms in total. The van der Waals surface area contributed by atoms with Gasteiger partial charge in [-0.25, -0.2) is 0 Å². The number of thiophene rings is 1. The maximum Gasteiger partial charge on any atom is 0.261 e. The SMILES string of the molecule is CC(C)N(C)CCNC(=O)c1ccc(C#CCCO)s1. The van der Waals surface area contributed by atoms with Crippen LogP contribution in [0.4, 0.5) is 0 Å². The predicted octanol–water partition coefficient (Wildman–Crippen LogP) is 1.55. The molecule has 5 heteroatoms. The third-order valence-corrected chi connectivity index (χ3v) is 3.91. The normalized spacial score (nSPS) is 10.5. The van der Waals surface area contributed by atoms with Gasteiger partial charge in [0.2, 0.25) is 0 Å². The lowest BCUT2D eigenvalue weighted by atomic mass is 10.3. The summed E-state index contributed by atoms with van der Waals surface area (Å²) in [6.07, 6.45) is 0.459. The van der Waals surface area contributed by atoms with Gasteiger partial charge in [-0.1, -0.05) is 11.8 Å². The van der Waals surface area contributed by atoms with E-state index in [0.717, 1.165) is 11.4 Å². The van der Waals surface area contributed by atoms with Gasteiger partial charge in [0.05, 0.1) is 16.4 Å². The highest BCUT2D eigenvalue weighted by Gasteiger charge is 2.09. The summed E-state index contributed by atoms with van der Waals surface area (Å²) in [7, 11) is 2.04. The number of likely N-dealkylation sites (N-methyl/N-ethyl adjacent to an activating group) is 1. The number of rotatable bonds is 6. The van der Waals surface area contributed by atoms with Crippen LogP contribution in [0.15, 0.2) is 12.1 Å². The van der Waals surface area contributed by atoms with E-state index in [-0.39, 0.29) is 12.5 Å². The molecule has 1 aromatic rings. The number of amides is 1. The molecule has 110 valence electrons. The largest absolute Gasteiger partial charge is 0.395 e. The minimum atomic E-state index is -0.0534. The van der Waals surface area contributed by atoms with Crippen LogP contribution in [0.2, 0.25) is 0 Å². The zero-order valence-electron chi connectivity index (χ0n) is 12.3. The standard InChI is InChI=1S/C15H22N2O2S/c1-12(2)17(3)10-9-16-15(19)14-8-7-13(20-14)6-4-5-11-18/h7-8,12,18H,5,9-11H2,1-3H3,(H,16,19). The molecule has 0 saturated heterocycles. The van der Waals surface area contributed by atoms with Crippen molar-refractivity contribution in [2.75, 3.05) is 26.7 Å². The minimum absolute atomic E-state index is 0.0534. The molecule has 1 heterocycles. The summed E-state index contributed by atoms with van der Waals surface area (Å²) in [5, 5.41) is 11.6. The topological polar surface area (TPSA) is 52.6 Å². The lowest BCUT2D eigenvalue weighted by Gasteiger charge is -2.20. The second-order valence-electron chi connectivity index (χ2n) is 4.77. The summed E-state index contributed by atoms with van der Waals surface area (Å²) >= 11 is 1.38. The fourth-order valence-corrected chi connectivity index (χ4v) is 2.22. The Balaban J connectivity index is 2.43. The summed E-state index contributed by atoms with van der Waals surface area (Å²) in [5.74, 6) is 5.72. The van der Waals surface area contributed by atoms with Crippen molar-refractivity contribution in [1.82, 2.24) is 10.2 Å². The Kier molecular flexibility index (Phi) is 7.31. The number of carbonyl (C=O) groups excluding carboxylic acids is 1. The van der Waals surface area contributed by atoms with E-state index in [1.165, 1.54) is 11.3 Å². The number of carbonyl (C=O) groups is 1. The van der Waals surface area contributed by atoms with E-state index < -0.39 is 0 Å². The zero-order chi connectivity index (χ0) is 15.0. The summed E-state index contributed by atoms with van der Waals surface area (Å²) in [6, 6.07) is 4.10. The lowest BCUT2D eigenvalue weighted by molar-refractivity contribution is 0.0952. The van der Waals surface area contributed by atoms with Gasteiger partial charge in [0.15, 0.2) is 0 Å². The summed E-state index contributed by atoms with van der Waals surface area (Å²) in [4.78, 5) is 15.6. The van der Waals surface area contributed by atoms with Crippen LogP contribution in [0.3, 0.4) is 0 Å². The van der Waals surface area contributed by atoms with E-state index >= 15 is 0 Å². The van der Waals surface area contributed by atoms with Crippen LogP contribution in [0.5, 0.6) is 0 Å². The van der Waals surface area contributed by atoms with Crippen molar-refractivity contribution >= 4 is 17.2 Å². The third-order valence-electron chi connectivity index (χ3n) is 2.91. The van der Waals surface area contributed by atoms with Gasteiger partial charge in [-0.05, 0) is 33.0 Å². The number of nitrogens with zero attached hydrogens (tertiary/aromatic N) is 1. The smallest absolute Gasteiger partial charge is 0.261 e. The van der Waals surface area contributed by atoms with Crippen molar-refractivity contribution in [3.05, 3.63) is 21.9 Å². The first-order chi connectivity index (χ1) is 9.54. The van der Waals surface area contributed by atoms with E-state index in [2.05, 4.69) is 35.9 Å². The van der Waals surface area contributed by atoms with Gasteiger partial charge in [0.1, 0.15) is 0 Å². The van der Waals surface area contributed by atoms with Crippen LogP contribution in [0, 0.1) is 11.8 Å². The Morgan fingerprint density at radius 2 is 2.25 bits per heavy atom. The van der Waals surface area contributed by atoms with Crippen LogP contribution in [-0.4, -0.2) is 48.7 Å². The Bertz CT molecular complexity index is 486. The molecule has 20 heavy (non-hydrogen) atoms. The highest BCUT2D eigenvalue weighted by molar-refractivity contribution is 7.14. The molecule has 0 bridgehead atoms. The second-order valence-corrected chi connectivity index (χ2v) is 5.85. The number of hydrogen-bond donors (Lipinski definition) is 2. The average molecular weight is 294 g/mol.